The lowest BCUT2D eigenvalue weighted by Gasteiger charge is -2.38. The SMILES string of the molecule is COc1cc2ccc1CNC(=O)COc1cccc(c1)-c1ccc(F)c(c1)C(=O)N[C@@H]1CN(C(=O)c3cc(=O)n(-c4ccccc4)[nH]3)CC[C@@H]1O2. The summed E-state index contributed by atoms with van der Waals surface area (Å²) in [5.41, 5.74) is 1.95. The maximum atomic E-state index is 15.3. The van der Waals surface area contributed by atoms with Gasteiger partial charge < -0.3 is 29.7 Å². The molecule has 1 fully saturated rings. The summed E-state index contributed by atoms with van der Waals surface area (Å²) in [6.07, 6.45) is -0.331. The van der Waals surface area contributed by atoms with Gasteiger partial charge in [0.2, 0.25) is 0 Å². The lowest BCUT2D eigenvalue weighted by molar-refractivity contribution is -0.123. The standard InChI is InChI=1S/C38H34FN5O7/c1-49-34-18-28-12-10-25(34)20-40-35(45)22-50-27-9-5-6-23(16-27)24-11-13-30(39)29(17-24)37(47)41-32-21-43(15-14-33(32)51-28)38(48)31-19-36(46)44(42-31)26-7-3-2-4-8-26/h2-13,16-19,32-33,42H,14-15,20-22H2,1H3,(H,40,45)(H,41,47)/t32-,33+/m1/s1. The number of fused-ring (bicyclic) bond motifs is 7. The average molecular weight is 692 g/mol. The minimum atomic E-state index is -0.784. The van der Waals surface area contributed by atoms with Gasteiger partial charge in [-0.15, -0.1) is 0 Å². The van der Waals surface area contributed by atoms with E-state index in [4.69, 9.17) is 14.2 Å². The smallest absolute Gasteiger partial charge is 0.272 e. The van der Waals surface area contributed by atoms with Gasteiger partial charge in [0.1, 0.15) is 34.9 Å². The first kappa shape index (κ1) is 33.1. The third-order valence-corrected chi connectivity index (χ3v) is 8.89. The summed E-state index contributed by atoms with van der Waals surface area (Å²) >= 11 is 0. The largest absolute Gasteiger partial charge is 0.496 e. The van der Waals surface area contributed by atoms with E-state index in [0.717, 1.165) is 0 Å². The Morgan fingerprint density at radius 2 is 1.73 bits per heavy atom. The molecule has 0 spiro atoms. The molecule has 0 aliphatic carbocycles. The number of aromatic nitrogens is 2. The van der Waals surface area contributed by atoms with Crippen LogP contribution >= 0.6 is 0 Å². The Morgan fingerprint density at radius 3 is 2.55 bits per heavy atom. The summed E-state index contributed by atoms with van der Waals surface area (Å²) in [5, 5.41) is 8.65. The normalized spacial score (nSPS) is 17.6. The molecule has 6 bridgehead atoms. The lowest BCUT2D eigenvalue weighted by Crippen LogP contribution is -2.58. The van der Waals surface area contributed by atoms with Crippen molar-refractivity contribution in [2.24, 2.45) is 0 Å². The molecule has 3 amide bonds. The Hall–Kier alpha value is -6.37. The Morgan fingerprint density at radius 1 is 0.902 bits per heavy atom. The molecule has 1 aromatic heterocycles. The van der Waals surface area contributed by atoms with Crippen LogP contribution in [0.5, 0.6) is 17.2 Å². The van der Waals surface area contributed by atoms with Crippen molar-refractivity contribution in [2.75, 3.05) is 26.8 Å². The molecule has 3 N–H and O–H groups in total. The minimum absolute atomic E-state index is 0.00965. The second-order valence-corrected chi connectivity index (χ2v) is 12.2. The van der Waals surface area contributed by atoms with Crippen molar-refractivity contribution < 1.29 is 33.0 Å². The van der Waals surface area contributed by atoms with Crippen molar-refractivity contribution >= 4 is 17.7 Å². The second-order valence-electron chi connectivity index (χ2n) is 12.2. The molecule has 0 unspecified atom stereocenters. The number of piperidine rings is 1. The van der Waals surface area contributed by atoms with E-state index in [1.54, 1.807) is 72.8 Å². The summed E-state index contributed by atoms with van der Waals surface area (Å²) < 4.78 is 34.3. The quantitative estimate of drug-likeness (QED) is 0.259. The molecule has 12 nitrogen and oxygen atoms in total. The van der Waals surface area contributed by atoms with Crippen molar-refractivity contribution in [1.29, 1.82) is 0 Å². The molecular formula is C38H34FN5O7. The highest BCUT2D eigenvalue weighted by atomic mass is 19.1. The molecule has 4 aromatic carbocycles. The van der Waals surface area contributed by atoms with Gasteiger partial charge in [-0.2, -0.15) is 0 Å². The maximum absolute atomic E-state index is 15.3. The van der Waals surface area contributed by atoms with Crippen LogP contribution in [0.25, 0.3) is 16.8 Å². The number of methoxy groups -OCH3 is 1. The van der Waals surface area contributed by atoms with Crippen LogP contribution in [0.15, 0.2) is 102 Å². The number of ether oxygens (including phenoxy) is 3. The first-order chi connectivity index (χ1) is 24.7. The van der Waals surface area contributed by atoms with E-state index in [2.05, 4.69) is 15.7 Å². The van der Waals surface area contributed by atoms with Crippen LogP contribution < -0.4 is 30.4 Å². The maximum Gasteiger partial charge on any atom is 0.272 e. The highest BCUT2D eigenvalue weighted by Gasteiger charge is 2.36. The molecule has 2 atom stereocenters. The van der Waals surface area contributed by atoms with Crippen molar-refractivity contribution in [2.45, 2.75) is 25.1 Å². The van der Waals surface area contributed by atoms with Gasteiger partial charge in [-0.05, 0) is 59.7 Å². The van der Waals surface area contributed by atoms with Gasteiger partial charge in [0.15, 0.2) is 6.61 Å². The molecule has 3 aliphatic heterocycles. The first-order valence-electron chi connectivity index (χ1n) is 16.4. The van der Waals surface area contributed by atoms with Crippen LogP contribution in [0.2, 0.25) is 0 Å². The highest BCUT2D eigenvalue weighted by Crippen LogP contribution is 2.29. The number of nitrogens with one attached hydrogen (secondary N) is 3. The second kappa shape index (κ2) is 14.2. The number of halogens is 1. The number of hydrogen-bond acceptors (Lipinski definition) is 7. The third kappa shape index (κ3) is 7.18. The van der Waals surface area contributed by atoms with Crippen LogP contribution in [-0.2, 0) is 11.3 Å². The van der Waals surface area contributed by atoms with Crippen LogP contribution in [-0.4, -0.2) is 71.4 Å². The van der Waals surface area contributed by atoms with Crippen LogP contribution in [0, 0.1) is 5.82 Å². The Balaban J connectivity index is 1.22. The fourth-order valence-electron chi connectivity index (χ4n) is 6.24. The van der Waals surface area contributed by atoms with Gasteiger partial charge in [-0.1, -0.05) is 36.4 Å². The van der Waals surface area contributed by atoms with Gasteiger partial charge in [-0.3, -0.25) is 24.3 Å². The number of amides is 3. The fourth-order valence-corrected chi connectivity index (χ4v) is 6.24. The van der Waals surface area contributed by atoms with Crippen molar-refractivity contribution in [3.05, 3.63) is 130 Å². The summed E-state index contributed by atoms with van der Waals surface area (Å²) in [5.74, 6) is -0.899. The molecule has 8 rings (SSSR count). The van der Waals surface area contributed by atoms with Crippen LogP contribution in [0.3, 0.4) is 0 Å². The van der Waals surface area contributed by atoms with Gasteiger partial charge in [0.05, 0.1) is 24.4 Å². The van der Waals surface area contributed by atoms with Gasteiger partial charge in [0.25, 0.3) is 23.3 Å². The third-order valence-electron chi connectivity index (χ3n) is 8.89. The van der Waals surface area contributed by atoms with E-state index < -0.39 is 35.3 Å². The number of benzene rings is 4. The molecule has 1 saturated heterocycles. The number of hydrogen-bond donors (Lipinski definition) is 3. The molecule has 51 heavy (non-hydrogen) atoms. The van der Waals surface area contributed by atoms with E-state index in [1.165, 1.54) is 34.9 Å². The monoisotopic (exact) mass is 691 g/mol. The number of aromatic amines is 1. The number of nitrogens with zero attached hydrogens (tertiary/aromatic N) is 2. The van der Waals surface area contributed by atoms with Gasteiger partial charge in [-0.25, -0.2) is 9.07 Å². The van der Waals surface area contributed by atoms with Gasteiger partial charge in [0, 0.05) is 43.8 Å². The molecule has 260 valence electrons. The molecule has 3 aliphatic rings. The molecule has 0 saturated carbocycles. The van der Waals surface area contributed by atoms with E-state index >= 15 is 4.39 Å². The molecule has 0 radical (unpaired) electrons. The predicted octanol–water partition coefficient (Wildman–Crippen LogP) is 4.08. The Kier molecular flexibility index (Phi) is 9.25. The summed E-state index contributed by atoms with van der Waals surface area (Å²) in [6.45, 7) is 0.201. The number of likely N-dealkylation sites (tertiary alicyclic amines) is 1. The molecule has 13 heteroatoms. The lowest BCUT2D eigenvalue weighted by atomic mass is 9.99. The Labute approximate surface area is 291 Å². The fraction of sp³-hybridized carbons (Fsp3) is 0.211. The summed E-state index contributed by atoms with van der Waals surface area (Å²) in [7, 11) is 1.50. The highest BCUT2D eigenvalue weighted by molar-refractivity contribution is 5.96. The Bertz CT molecular complexity index is 2170. The molecule has 4 heterocycles. The van der Waals surface area contributed by atoms with Crippen LogP contribution in [0.1, 0.15) is 32.8 Å². The van der Waals surface area contributed by atoms with E-state index in [0.29, 0.717) is 46.0 Å². The zero-order valence-corrected chi connectivity index (χ0v) is 27.6. The average Bonchev–Trinajstić information content (AvgIpc) is 3.55. The van der Waals surface area contributed by atoms with Crippen molar-refractivity contribution in [1.82, 2.24) is 25.3 Å². The summed E-state index contributed by atoms with van der Waals surface area (Å²) in [6, 6.07) is 25.6. The number of carbonyl (C=O) groups excluding carboxylic acids is 3. The number of rotatable bonds is 3. The van der Waals surface area contributed by atoms with E-state index in [1.807, 2.05) is 6.07 Å². The minimum Gasteiger partial charge on any atom is -0.496 e. The first-order valence-corrected chi connectivity index (χ1v) is 16.4. The predicted molar refractivity (Wildman–Crippen MR) is 185 cm³/mol. The van der Waals surface area contributed by atoms with Crippen molar-refractivity contribution in [3.63, 3.8) is 0 Å². The van der Waals surface area contributed by atoms with Gasteiger partial charge >= 0.3 is 0 Å². The number of H-pyrrole nitrogens is 1. The van der Waals surface area contributed by atoms with Crippen LogP contribution in [0.4, 0.5) is 4.39 Å². The summed E-state index contributed by atoms with van der Waals surface area (Å²) in [4.78, 5) is 54.5. The van der Waals surface area contributed by atoms with E-state index in [9.17, 15) is 19.2 Å². The van der Waals surface area contributed by atoms with Crippen molar-refractivity contribution in [3.8, 4) is 34.1 Å². The molecule has 5 aromatic rings. The number of para-hydroxylation sites is 1. The zero-order chi connectivity index (χ0) is 35.5. The molecular weight excluding hydrogens is 657 g/mol. The number of carbonyl (C=O) groups is 3. The van der Waals surface area contributed by atoms with E-state index in [-0.39, 0.29) is 43.4 Å². The topological polar surface area (TPSA) is 144 Å². The zero-order valence-electron chi connectivity index (χ0n) is 27.6.